The van der Waals surface area contributed by atoms with Gasteiger partial charge in [0.25, 0.3) is 0 Å². The molecule has 1 amide bonds. The first-order valence-corrected chi connectivity index (χ1v) is 12.4. The molecule has 1 fully saturated rings. The van der Waals surface area contributed by atoms with Gasteiger partial charge < -0.3 is 10.4 Å². The second-order valence-corrected chi connectivity index (χ2v) is 9.99. The van der Waals surface area contributed by atoms with E-state index in [2.05, 4.69) is 25.6 Å². The van der Waals surface area contributed by atoms with Gasteiger partial charge >= 0.3 is 0 Å². The molecule has 0 saturated heterocycles. The number of halogens is 1. The molecular weight excluding hydrogens is 473 g/mol. The van der Waals surface area contributed by atoms with E-state index in [0.717, 1.165) is 34.4 Å². The van der Waals surface area contributed by atoms with Crippen molar-refractivity contribution in [2.75, 3.05) is 0 Å². The van der Waals surface area contributed by atoms with Crippen molar-refractivity contribution in [1.29, 1.82) is 0 Å². The Balaban J connectivity index is 1.23. The number of rotatable bonds is 7. The highest BCUT2D eigenvalue weighted by Crippen LogP contribution is 2.42. The number of aromatic amines is 1. The van der Waals surface area contributed by atoms with Gasteiger partial charge in [-0.05, 0) is 75.4 Å². The lowest BCUT2D eigenvalue weighted by molar-refractivity contribution is -0.126. The molecule has 1 saturated carbocycles. The minimum absolute atomic E-state index is 0.110. The zero-order chi connectivity index (χ0) is 26.2. The van der Waals surface area contributed by atoms with Crippen molar-refractivity contribution in [3.05, 3.63) is 88.6 Å². The molecule has 0 radical (unpaired) electrons. The lowest BCUT2D eigenvalue weighted by Gasteiger charge is -2.24. The summed E-state index contributed by atoms with van der Waals surface area (Å²) in [4.78, 5) is 22.2. The van der Waals surface area contributed by atoms with E-state index >= 15 is 0 Å². The molecule has 3 N–H and O–H groups in total. The van der Waals surface area contributed by atoms with Crippen LogP contribution in [-0.2, 0) is 16.8 Å². The van der Waals surface area contributed by atoms with Crippen molar-refractivity contribution in [3.8, 4) is 5.82 Å². The maximum absolute atomic E-state index is 13.2. The molecule has 0 aliphatic heterocycles. The van der Waals surface area contributed by atoms with Crippen LogP contribution in [0, 0.1) is 25.6 Å². The van der Waals surface area contributed by atoms with Gasteiger partial charge in [0.05, 0.1) is 29.8 Å². The molecule has 1 aliphatic carbocycles. The Bertz CT molecular complexity index is 1410. The molecule has 9 nitrogen and oxygen atoms in total. The van der Waals surface area contributed by atoms with E-state index in [1.165, 1.54) is 10.9 Å². The van der Waals surface area contributed by atoms with Crippen molar-refractivity contribution in [1.82, 2.24) is 35.3 Å². The minimum atomic E-state index is -1.16. The number of pyridine rings is 2. The molecule has 10 heteroatoms. The largest absolute Gasteiger partial charge is 0.384 e. The summed E-state index contributed by atoms with van der Waals surface area (Å²) in [6, 6.07) is 9.16. The Morgan fingerprint density at radius 1 is 1.27 bits per heavy atom. The van der Waals surface area contributed by atoms with Gasteiger partial charge in [-0.15, -0.1) is 0 Å². The lowest BCUT2D eigenvalue weighted by atomic mass is 9.93. The monoisotopic (exact) mass is 503 g/mol. The molecule has 5 rings (SSSR count). The predicted molar refractivity (Wildman–Crippen MR) is 134 cm³/mol. The van der Waals surface area contributed by atoms with Crippen LogP contribution in [0.2, 0.25) is 0 Å². The summed E-state index contributed by atoms with van der Waals surface area (Å²) in [5.74, 6) is -0.389. The van der Waals surface area contributed by atoms with E-state index in [-0.39, 0.29) is 17.9 Å². The fourth-order valence-electron chi connectivity index (χ4n) is 4.93. The third-order valence-electron chi connectivity index (χ3n) is 6.90. The van der Waals surface area contributed by atoms with Gasteiger partial charge in [-0.1, -0.05) is 6.07 Å². The summed E-state index contributed by atoms with van der Waals surface area (Å²) in [5.41, 5.74) is 3.99. The van der Waals surface area contributed by atoms with Crippen LogP contribution < -0.4 is 5.32 Å². The number of carbonyl (C=O) groups excluding carboxylic acids is 1. The van der Waals surface area contributed by atoms with Gasteiger partial charge in [0.2, 0.25) is 5.91 Å². The maximum Gasteiger partial charge on any atom is 0.223 e. The molecule has 0 aromatic carbocycles. The number of carbonyl (C=O) groups is 1. The number of aryl methyl sites for hydroxylation is 2. The average molecular weight is 504 g/mol. The molecule has 192 valence electrons. The van der Waals surface area contributed by atoms with Crippen molar-refractivity contribution >= 4 is 5.91 Å². The molecule has 37 heavy (non-hydrogen) atoms. The van der Waals surface area contributed by atoms with E-state index in [9.17, 15) is 14.3 Å². The Labute approximate surface area is 214 Å². The highest BCUT2D eigenvalue weighted by Gasteiger charge is 2.43. The van der Waals surface area contributed by atoms with Crippen LogP contribution in [0.25, 0.3) is 5.82 Å². The Morgan fingerprint density at radius 3 is 2.78 bits per heavy atom. The summed E-state index contributed by atoms with van der Waals surface area (Å²) in [6.07, 6.45) is 5.93. The molecule has 4 aromatic rings. The molecule has 3 atom stereocenters. The van der Waals surface area contributed by atoms with Gasteiger partial charge in [-0.3, -0.25) is 14.9 Å². The molecule has 0 bridgehead atoms. The Morgan fingerprint density at radius 2 is 2.11 bits per heavy atom. The first-order valence-electron chi connectivity index (χ1n) is 12.4. The second-order valence-electron chi connectivity index (χ2n) is 9.99. The van der Waals surface area contributed by atoms with Crippen LogP contribution in [0.1, 0.15) is 66.1 Å². The molecular formula is C27H30FN7O2. The van der Waals surface area contributed by atoms with E-state index in [0.29, 0.717) is 37.2 Å². The van der Waals surface area contributed by atoms with Gasteiger partial charge in [0.1, 0.15) is 5.60 Å². The lowest BCUT2D eigenvalue weighted by Crippen LogP contribution is -2.33. The summed E-state index contributed by atoms with van der Waals surface area (Å²) in [7, 11) is 0. The van der Waals surface area contributed by atoms with Crippen molar-refractivity contribution in [2.45, 2.75) is 58.1 Å². The van der Waals surface area contributed by atoms with Crippen LogP contribution >= 0.6 is 0 Å². The van der Waals surface area contributed by atoms with Gasteiger partial charge in [0.15, 0.2) is 11.6 Å². The molecule has 4 aromatic heterocycles. The fourth-order valence-corrected chi connectivity index (χ4v) is 4.93. The zero-order valence-electron chi connectivity index (χ0n) is 21.1. The number of hydrogen-bond acceptors (Lipinski definition) is 6. The van der Waals surface area contributed by atoms with E-state index in [1.54, 1.807) is 12.3 Å². The van der Waals surface area contributed by atoms with Crippen LogP contribution in [0.3, 0.4) is 0 Å². The summed E-state index contributed by atoms with van der Waals surface area (Å²) < 4.78 is 14.6. The Kier molecular flexibility index (Phi) is 6.59. The number of nitrogens with one attached hydrogen (secondary N) is 2. The highest BCUT2D eigenvalue weighted by molar-refractivity contribution is 5.79. The summed E-state index contributed by atoms with van der Waals surface area (Å²) >= 11 is 0. The molecule has 0 unspecified atom stereocenters. The normalized spacial score (nSPS) is 20.2. The van der Waals surface area contributed by atoms with Crippen LogP contribution in [-0.4, -0.2) is 41.0 Å². The number of amides is 1. The average Bonchev–Trinajstić information content (AvgIpc) is 3.59. The molecule has 4 heterocycles. The standard InChI is InChI=1S/C27H30FN7O2/c1-16-8-22(11-23-10-17(2)33-34-23)32-24(9-16)27(37)7-6-19(12-27)26(36)31-18(3)20-4-5-25(29-13-20)35-15-21(28)14-30-35/h4-5,8-10,13-15,18-19,37H,6-7,11-12H2,1-3H3,(H,31,36)(H,33,34)/t18-,19-,27-/m0/s1. The van der Waals surface area contributed by atoms with E-state index in [4.69, 9.17) is 4.98 Å². The number of nitrogens with zero attached hydrogens (tertiary/aromatic N) is 5. The van der Waals surface area contributed by atoms with E-state index < -0.39 is 11.4 Å². The van der Waals surface area contributed by atoms with Gasteiger partial charge in [-0.25, -0.2) is 14.1 Å². The quantitative estimate of drug-likeness (QED) is 0.354. The first-order chi connectivity index (χ1) is 17.7. The topological polar surface area (TPSA) is 122 Å². The number of aromatic nitrogens is 6. The van der Waals surface area contributed by atoms with Crippen molar-refractivity contribution in [2.24, 2.45) is 5.92 Å². The summed E-state index contributed by atoms with van der Waals surface area (Å²) in [6.45, 7) is 5.82. The maximum atomic E-state index is 13.2. The number of aliphatic hydroxyl groups is 1. The SMILES string of the molecule is Cc1cc(Cc2cc(C)[nH]n2)nc([C@]2(O)CC[C@H](C(=O)N[C@@H](C)c3ccc(-n4cc(F)cn4)nc3)C2)c1. The van der Waals surface area contributed by atoms with Gasteiger partial charge in [0, 0.05) is 29.9 Å². The minimum Gasteiger partial charge on any atom is -0.384 e. The van der Waals surface area contributed by atoms with Crippen LogP contribution in [0.15, 0.2) is 48.9 Å². The molecule has 1 aliphatic rings. The third-order valence-corrected chi connectivity index (χ3v) is 6.90. The zero-order valence-corrected chi connectivity index (χ0v) is 21.1. The van der Waals surface area contributed by atoms with Crippen molar-refractivity contribution in [3.63, 3.8) is 0 Å². The van der Waals surface area contributed by atoms with Crippen LogP contribution in [0.4, 0.5) is 4.39 Å². The number of hydrogen-bond donors (Lipinski definition) is 3. The predicted octanol–water partition coefficient (Wildman–Crippen LogP) is 3.60. The van der Waals surface area contributed by atoms with E-state index in [1.807, 2.05) is 45.0 Å². The molecule has 0 spiro atoms. The smallest absolute Gasteiger partial charge is 0.223 e. The number of H-pyrrole nitrogens is 1. The first kappa shape index (κ1) is 24.8. The third kappa shape index (κ3) is 5.43. The van der Waals surface area contributed by atoms with Crippen LogP contribution in [0.5, 0.6) is 0 Å². The fraction of sp³-hybridized carbons (Fsp3) is 0.370. The Hall–Kier alpha value is -3.92. The van der Waals surface area contributed by atoms with Gasteiger partial charge in [-0.2, -0.15) is 10.2 Å². The second kappa shape index (κ2) is 9.85. The highest BCUT2D eigenvalue weighted by atomic mass is 19.1. The summed E-state index contributed by atoms with van der Waals surface area (Å²) in [5, 5.41) is 25.7. The van der Waals surface area contributed by atoms with Crippen molar-refractivity contribution < 1.29 is 14.3 Å².